The van der Waals surface area contributed by atoms with Crippen molar-refractivity contribution in [2.24, 2.45) is 5.92 Å². The van der Waals surface area contributed by atoms with Crippen LogP contribution in [0.2, 0.25) is 0 Å². The second-order valence-corrected chi connectivity index (χ2v) is 7.29. The number of benzene rings is 2. The molecule has 9 heteroatoms. The molecule has 2 aromatic rings. The number of hydrogen-bond donors (Lipinski definition) is 2. The van der Waals surface area contributed by atoms with E-state index in [2.05, 4.69) is 10.6 Å². The van der Waals surface area contributed by atoms with Gasteiger partial charge in [0.2, 0.25) is 5.91 Å². The van der Waals surface area contributed by atoms with Gasteiger partial charge in [0.25, 0.3) is 5.91 Å². The summed E-state index contributed by atoms with van der Waals surface area (Å²) in [6.45, 7) is 0. The van der Waals surface area contributed by atoms with Gasteiger partial charge in [0.05, 0.1) is 22.9 Å². The third-order valence-electron chi connectivity index (χ3n) is 3.82. The topological polar surface area (TPSA) is 58.2 Å². The molecule has 3 rings (SSSR count). The molecule has 1 aliphatic rings. The predicted molar refractivity (Wildman–Crippen MR) is 91.9 cm³/mol. The van der Waals surface area contributed by atoms with Crippen molar-refractivity contribution in [3.05, 3.63) is 59.4 Å². The van der Waals surface area contributed by atoms with Crippen molar-refractivity contribution in [3.8, 4) is 0 Å². The summed E-state index contributed by atoms with van der Waals surface area (Å²) in [5, 5.41) is 4.52. The predicted octanol–water partition coefficient (Wildman–Crippen LogP) is 4.49. The van der Waals surface area contributed by atoms with Crippen LogP contribution >= 0.6 is 23.2 Å². The molecule has 1 atom stereocenters. The molecule has 0 aromatic heterocycles. The summed E-state index contributed by atoms with van der Waals surface area (Å²) in [4.78, 5) is 24.0. The molecule has 2 aromatic carbocycles. The molecule has 136 valence electrons. The van der Waals surface area contributed by atoms with Gasteiger partial charge in [0, 0.05) is 6.07 Å². The van der Waals surface area contributed by atoms with Crippen LogP contribution in [-0.4, -0.2) is 16.1 Å². The Balaban J connectivity index is 1.76. The molecule has 26 heavy (non-hydrogen) atoms. The molecular formula is C17H11Cl2F3N2O2. The molecule has 4 nitrogen and oxygen atoms in total. The Morgan fingerprint density at radius 3 is 2.23 bits per heavy atom. The van der Waals surface area contributed by atoms with Crippen molar-refractivity contribution in [3.63, 3.8) is 0 Å². The first-order valence-electron chi connectivity index (χ1n) is 7.42. The van der Waals surface area contributed by atoms with Gasteiger partial charge in [-0.3, -0.25) is 9.59 Å². The Labute approximate surface area is 156 Å². The van der Waals surface area contributed by atoms with Crippen molar-refractivity contribution in [1.29, 1.82) is 0 Å². The summed E-state index contributed by atoms with van der Waals surface area (Å²) in [6, 6.07) is 6.30. The first-order chi connectivity index (χ1) is 12.2. The lowest BCUT2D eigenvalue weighted by Crippen LogP contribution is -2.19. The molecule has 0 radical (unpaired) electrons. The number of rotatable bonds is 4. The Kier molecular flexibility index (Phi) is 4.86. The van der Waals surface area contributed by atoms with Crippen molar-refractivity contribution in [2.45, 2.75) is 10.8 Å². The van der Waals surface area contributed by atoms with Crippen LogP contribution in [0.25, 0.3) is 0 Å². The quantitative estimate of drug-likeness (QED) is 0.740. The number of carbonyl (C=O) groups excluding carboxylic acids is 2. The minimum atomic E-state index is -1.16. The maximum absolute atomic E-state index is 14.5. The second kappa shape index (κ2) is 6.81. The fraction of sp³-hybridized carbons (Fsp3) is 0.176. The highest BCUT2D eigenvalue weighted by molar-refractivity contribution is 6.52. The number of hydrogen-bond acceptors (Lipinski definition) is 2. The summed E-state index contributed by atoms with van der Waals surface area (Å²) in [6.07, 6.45) is 0.254. The summed E-state index contributed by atoms with van der Waals surface area (Å²) >= 11 is 11.6. The van der Waals surface area contributed by atoms with E-state index in [9.17, 15) is 22.8 Å². The average Bonchev–Trinajstić information content (AvgIpc) is 3.20. The number of amides is 2. The Morgan fingerprint density at radius 2 is 1.65 bits per heavy atom. The van der Waals surface area contributed by atoms with Crippen LogP contribution in [0.15, 0.2) is 36.4 Å². The number of carbonyl (C=O) groups is 2. The van der Waals surface area contributed by atoms with Gasteiger partial charge >= 0.3 is 0 Å². The smallest absolute Gasteiger partial charge is 0.258 e. The van der Waals surface area contributed by atoms with Gasteiger partial charge in [-0.25, -0.2) is 13.2 Å². The molecule has 1 saturated carbocycles. The van der Waals surface area contributed by atoms with Crippen LogP contribution in [0.1, 0.15) is 16.8 Å². The zero-order valence-corrected chi connectivity index (χ0v) is 14.5. The highest BCUT2D eigenvalue weighted by atomic mass is 35.5. The molecule has 1 unspecified atom stereocenters. The molecule has 0 bridgehead atoms. The average molecular weight is 403 g/mol. The maximum atomic E-state index is 14.5. The zero-order valence-electron chi connectivity index (χ0n) is 13.0. The van der Waals surface area contributed by atoms with E-state index in [-0.39, 0.29) is 17.8 Å². The number of nitrogens with one attached hydrogen (secondary N) is 2. The van der Waals surface area contributed by atoms with Crippen molar-refractivity contribution in [2.75, 3.05) is 10.6 Å². The lowest BCUT2D eigenvalue weighted by molar-refractivity contribution is -0.117. The van der Waals surface area contributed by atoms with Gasteiger partial charge < -0.3 is 10.6 Å². The van der Waals surface area contributed by atoms with Crippen LogP contribution in [0.4, 0.5) is 24.5 Å². The Hall–Kier alpha value is -2.25. The molecule has 0 spiro atoms. The van der Waals surface area contributed by atoms with Crippen molar-refractivity contribution in [1.82, 2.24) is 0 Å². The maximum Gasteiger partial charge on any atom is 0.258 e. The molecule has 1 aliphatic carbocycles. The highest BCUT2D eigenvalue weighted by Gasteiger charge is 2.56. The van der Waals surface area contributed by atoms with E-state index in [4.69, 9.17) is 23.2 Å². The summed E-state index contributed by atoms with van der Waals surface area (Å²) in [5.41, 5.74) is -0.925. The van der Waals surface area contributed by atoms with Gasteiger partial charge in [0.15, 0.2) is 5.82 Å². The van der Waals surface area contributed by atoms with Crippen LogP contribution < -0.4 is 10.6 Å². The van der Waals surface area contributed by atoms with Gasteiger partial charge in [-0.15, -0.1) is 23.2 Å². The van der Waals surface area contributed by atoms with Gasteiger partial charge in [0.1, 0.15) is 16.0 Å². The SMILES string of the molecule is O=C(Nc1cccc(NC(=O)C2CC2(Cl)Cl)c1F)c1ccc(F)cc1F. The van der Waals surface area contributed by atoms with E-state index < -0.39 is 45.1 Å². The Bertz CT molecular complexity index is 906. The molecule has 0 heterocycles. The Morgan fingerprint density at radius 1 is 1.04 bits per heavy atom. The first-order valence-corrected chi connectivity index (χ1v) is 8.18. The second-order valence-electron chi connectivity index (χ2n) is 5.75. The zero-order chi connectivity index (χ0) is 19.1. The first kappa shape index (κ1) is 18.5. The fourth-order valence-electron chi connectivity index (χ4n) is 2.31. The van der Waals surface area contributed by atoms with Crippen LogP contribution in [-0.2, 0) is 4.79 Å². The lowest BCUT2D eigenvalue weighted by Gasteiger charge is -2.11. The van der Waals surface area contributed by atoms with E-state index >= 15 is 0 Å². The van der Waals surface area contributed by atoms with Gasteiger partial charge in [-0.2, -0.15) is 0 Å². The normalized spacial score (nSPS) is 17.5. The highest BCUT2D eigenvalue weighted by Crippen LogP contribution is 2.53. The van der Waals surface area contributed by atoms with E-state index in [0.717, 1.165) is 12.1 Å². The third kappa shape index (κ3) is 3.78. The fourth-order valence-corrected chi connectivity index (χ4v) is 2.81. The third-order valence-corrected chi connectivity index (χ3v) is 4.66. The molecule has 2 amide bonds. The largest absolute Gasteiger partial charge is 0.323 e. The van der Waals surface area contributed by atoms with Crippen LogP contribution in [0.3, 0.4) is 0 Å². The van der Waals surface area contributed by atoms with E-state index in [1.54, 1.807) is 0 Å². The number of halogens is 5. The summed E-state index contributed by atoms with van der Waals surface area (Å²) < 4.78 is 39.9. The number of alkyl halides is 2. The van der Waals surface area contributed by atoms with E-state index in [1.165, 1.54) is 18.2 Å². The molecule has 0 aliphatic heterocycles. The van der Waals surface area contributed by atoms with Gasteiger partial charge in [-0.1, -0.05) is 6.07 Å². The summed E-state index contributed by atoms with van der Waals surface area (Å²) in [7, 11) is 0. The van der Waals surface area contributed by atoms with E-state index in [1.807, 2.05) is 0 Å². The van der Waals surface area contributed by atoms with Gasteiger partial charge in [-0.05, 0) is 30.7 Å². The molecule has 2 N–H and O–H groups in total. The monoisotopic (exact) mass is 402 g/mol. The van der Waals surface area contributed by atoms with E-state index in [0.29, 0.717) is 6.07 Å². The van der Waals surface area contributed by atoms with Crippen LogP contribution in [0, 0.1) is 23.4 Å². The van der Waals surface area contributed by atoms with Crippen molar-refractivity contribution < 1.29 is 22.8 Å². The number of anilines is 2. The molecule has 1 fully saturated rings. The standard InChI is InChI=1S/C17H11Cl2F3N2O2/c18-17(19)7-10(17)16(26)24-13-3-1-2-12(14(13)22)23-15(25)9-5-4-8(20)6-11(9)21/h1-6,10H,7H2,(H,23,25)(H,24,26). The van der Waals surface area contributed by atoms with Crippen molar-refractivity contribution >= 4 is 46.4 Å². The lowest BCUT2D eigenvalue weighted by atomic mass is 10.2. The minimum absolute atomic E-state index is 0.191. The van der Waals surface area contributed by atoms with Crippen LogP contribution in [0.5, 0.6) is 0 Å². The molecular weight excluding hydrogens is 392 g/mol. The minimum Gasteiger partial charge on any atom is -0.323 e. The molecule has 0 saturated heterocycles. The summed E-state index contributed by atoms with van der Waals surface area (Å²) in [5.74, 6) is -5.02.